The highest BCUT2D eigenvalue weighted by Crippen LogP contribution is 2.38. The van der Waals surface area contributed by atoms with Crippen LogP contribution in [0.4, 0.5) is 8.78 Å². The normalized spacial score (nSPS) is 20.7. The third-order valence-corrected chi connectivity index (χ3v) is 2.59. The maximum absolute atomic E-state index is 13.2. The highest BCUT2D eigenvalue weighted by Gasteiger charge is 2.24. The van der Waals surface area contributed by atoms with E-state index in [0.29, 0.717) is 18.8 Å². The van der Waals surface area contributed by atoms with Crippen LogP contribution in [0.25, 0.3) is 0 Å². The third kappa shape index (κ3) is 1.39. The SMILES string of the molecule is Fc1ccc2c(c1F)C(S)CCO2. The van der Waals surface area contributed by atoms with Crippen molar-refractivity contribution < 1.29 is 13.5 Å². The second-order valence-corrected chi connectivity index (χ2v) is 3.55. The molecule has 4 heteroatoms. The van der Waals surface area contributed by atoms with Gasteiger partial charge in [-0.15, -0.1) is 0 Å². The van der Waals surface area contributed by atoms with Gasteiger partial charge in [0.1, 0.15) is 5.75 Å². The number of halogens is 2. The van der Waals surface area contributed by atoms with Gasteiger partial charge >= 0.3 is 0 Å². The van der Waals surface area contributed by atoms with Crippen molar-refractivity contribution in [3.8, 4) is 5.75 Å². The van der Waals surface area contributed by atoms with Crippen molar-refractivity contribution >= 4 is 12.6 Å². The molecule has 0 aromatic heterocycles. The average Bonchev–Trinajstić information content (AvgIpc) is 2.12. The highest BCUT2D eigenvalue weighted by molar-refractivity contribution is 7.80. The molecule has 13 heavy (non-hydrogen) atoms. The lowest BCUT2D eigenvalue weighted by Crippen LogP contribution is -2.13. The first kappa shape index (κ1) is 8.81. The van der Waals surface area contributed by atoms with Crippen molar-refractivity contribution in [3.63, 3.8) is 0 Å². The second-order valence-electron chi connectivity index (χ2n) is 2.93. The molecule has 1 unspecified atom stereocenters. The summed E-state index contributed by atoms with van der Waals surface area (Å²) in [6.07, 6.45) is 0.608. The number of benzene rings is 1. The molecule has 1 aliphatic rings. The van der Waals surface area contributed by atoms with Crippen molar-refractivity contribution in [1.82, 2.24) is 0 Å². The van der Waals surface area contributed by atoms with Gasteiger partial charge in [-0.2, -0.15) is 12.6 Å². The lowest BCUT2D eigenvalue weighted by Gasteiger charge is -2.22. The molecule has 2 rings (SSSR count). The minimum Gasteiger partial charge on any atom is -0.493 e. The zero-order valence-electron chi connectivity index (χ0n) is 6.76. The Morgan fingerprint density at radius 1 is 1.38 bits per heavy atom. The van der Waals surface area contributed by atoms with Crippen molar-refractivity contribution in [2.45, 2.75) is 11.7 Å². The monoisotopic (exact) mass is 202 g/mol. The summed E-state index contributed by atoms with van der Waals surface area (Å²) in [5.74, 6) is -1.27. The van der Waals surface area contributed by atoms with Crippen LogP contribution in [0, 0.1) is 11.6 Å². The van der Waals surface area contributed by atoms with Gasteiger partial charge in [-0.25, -0.2) is 8.78 Å². The third-order valence-electron chi connectivity index (χ3n) is 2.07. The Morgan fingerprint density at radius 3 is 2.92 bits per heavy atom. The number of fused-ring (bicyclic) bond motifs is 1. The molecule has 0 N–H and O–H groups in total. The minimum atomic E-state index is -0.844. The van der Waals surface area contributed by atoms with Gasteiger partial charge < -0.3 is 4.74 Å². The van der Waals surface area contributed by atoms with Crippen LogP contribution in [0.5, 0.6) is 5.75 Å². The molecular weight excluding hydrogens is 194 g/mol. The summed E-state index contributed by atoms with van der Waals surface area (Å²) >= 11 is 4.17. The number of hydrogen-bond donors (Lipinski definition) is 1. The van der Waals surface area contributed by atoms with E-state index in [4.69, 9.17) is 4.74 Å². The topological polar surface area (TPSA) is 9.23 Å². The van der Waals surface area contributed by atoms with Gasteiger partial charge in [0, 0.05) is 10.8 Å². The van der Waals surface area contributed by atoms with Crippen molar-refractivity contribution in [1.29, 1.82) is 0 Å². The minimum absolute atomic E-state index is 0.245. The molecule has 0 saturated heterocycles. The molecular formula is C9H8F2OS. The van der Waals surface area contributed by atoms with E-state index in [2.05, 4.69) is 12.6 Å². The van der Waals surface area contributed by atoms with Crippen LogP contribution in [0.2, 0.25) is 0 Å². The second kappa shape index (κ2) is 3.18. The van der Waals surface area contributed by atoms with Crippen molar-refractivity contribution in [2.24, 2.45) is 0 Å². The number of ether oxygens (including phenoxy) is 1. The van der Waals surface area contributed by atoms with Crippen LogP contribution in [0.1, 0.15) is 17.2 Å². The van der Waals surface area contributed by atoms with Gasteiger partial charge in [0.25, 0.3) is 0 Å². The molecule has 0 aliphatic carbocycles. The molecule has 70 valence electrons. The van der Waals surface area contributed by atoms with Crippen LogP contribution >= 0.6 is 12.6 Å². The predicted molar refractivity (Wildman–Crippen MR) is 48.2 cm³/mol. The van der Waals surface area contributed by atoms with Crippen LogP contribution in [0.15, 0.2) is 12.1 Å². The van der Waals surface area contributed by atoms with E-state index in [0.717, 1.165) is 6.07 Å². The first-order chi connectivity index (χ1) is 6.20. The molecule has 0 saturated carbocycles. The van der Waals surface area contributed by atoms with Gasteiger partial charge in [-0.1, -0.05) is 0 Å². The first-order valence-corrected chi connectivity index (χ1v) is 4.50. The number of thiol groups is 1. The van der Waals surface area contributed by atoms with Crippen LogP contribution in [-0.4, -0.2) is 6.61 Å². The predicted octanol–water partition coefficient (Wildman–Crippen LogP) is 2.72. The standard InChI is InChI=1S/C9H8F2OS/c10-5-1-2-6-8(9(5)11)7(13)3-4-12-6/h1-2,7,13H,3-4H2. The maximum Gasteiger partial charge on any atom is 0.166 e. The van der Waals surface area contributed by atoms with E-state index in [-0.39, 0.29) is 10.8 Å². The summed E-state index contributed by atoms with van der Waals surface area (Å²) < 4.78 is 31.2. The molecule has 0 spiro atoms. The fraction of sp³-hybridized carbons (Fsp3) is 0.333. The molecule has 1 aromatic rings. The van der Waals surface area contributed by atoms with Crippen LogP contribution < -0.4 is 4.74 Å². The summed E-state index contributed by atoms with van der Waals surface area (Å²) in [5.41, 5.74) is 0.245. The van der Waals surface area contributed by atoms with Crippen LogP contribution in [-0.2, 0) is 0 Å². The Labute approximate surface area is 80.1 Å². The highest BCUT2D eigenvalue weighted by atomic mass is 32.1. The van der Waals surface area contributed by atoms with Crippen LogP contribution in [0.3, 0.4) is 0 Å². The van der Waals surface area contributed by atoms with Gasteiger partial charge in [0.2, 0.25) is 0 Å². The Balaban J connectivity index is 2.58. The van der Waals surface area contributed by atoms with Crippen molar-refractivity contribution in [3.05, 3.63) is 29.3 Å². The molecule has 1 aromatic carbocycles. The van der Waals surface area contributed by atoms with E-state index in [1.54, 1.807) is 0 Å². The quantitative estimate of drug-likeness (QED) is 0.636. The summed E-state index contributed by atoms with van der Waals surface area (Å²) in [6, 6.07) is 2.51. The lowest BCUT2D eigenvalue weighted by atomic mass is 10.1. The van der Waals surface area contributed by atoms with Gasteiger partial charge in [-0.3, -0.25) is 0 Å². The number of rotatable bonds is 0. The Morgan fingerprint density at radius 2 is 2.15 bits per heavy atom. The first-order valence-electron chi connectivity index (χ1n) is 3.99. The largest absolute Gasteiger partial charge is 0.493 e. The maximum atomic E-state index is 13.2. The zero-order chi connectivity index (χ0) is 9.42. The summed E-state index contributed by atoms with van der Waals surface area (Å²) in [5, 5.41) is -0.264. The van der Waals surface area contributed by atoms with Crippen molar-refractivity contribution in [2.75, 3.05) is 6.61 Å². The summed E-state index contributed by atoms with van der Waals surface area (Å²) in [4.78, 5) is 0. The lowest BCUT2D eigenvalue weighted by molar-refractivity contribution is 0.280. The molecule has 0 radical (unpaired) electrons. The summed E-state index contributed by atoms with van der Waals surface area (Å²) in [7, 11) is 0. The molecule has 0 bridgehead atoms. The van der Waals surface area contributed by atoms with E-state index in [1.165, 1.54) is 6.07 Å². The molecule has 0 fully saturated rings. The molecule has 1 atom stereocenters. The molecule has 1 aliphatic heterocycles. The average molecular weight is 202 g/mol. The fourth-order valence-corrected chi connectivity index (χ4v) is 1.76. The molecule has 1 heterocycles. The van der Waals surface area contributed by atoms with Gasteiger partial charge in [-0.05, 0) is 18.6 Å². The van der Waals surface area contributed by atoms with E-state index >= 15 is 0 Å². The van der Waals surface area contributed by atoms with E-state index in [1.807, 2.05) is 0 Å². The zero-order valence-corrected chi connectivity index (χ0v) is 7.65. The van der Waals surface area contributed by atoms with Gasteiger partial charge in [0.05, 0.1) is 6.61 Å². The van der Waals surface area contributed by atoms with E-state index in [9.17, 15) is 8.78 Å². The fourth-order valence-electron chi connectivity index (χ4n) is 1.41. The summed E-state index contributed by atoms with van der Waals surface area (Å²) in [6.45, 7) is 0.506. The Kier molecular flexibility index (Phi) is 2.15. The molecule has 0 amide bonds. The smallest absolute Gasteiger partial charge is 0.166 e. The molecule has 1 nitrogen and oxygen atoms in total. The Bertz CT molecular complexity index is 341. The number of hydrogen-bond acceptors (Lipinski definition) is 2. The Hall–Kier alpha value is -0.770. The van der Waals surface area contributed by atoms with E-state index < -0.39 is 11.6 Å². The van der Waals surface area contributed by atoms with Gasteiger partial charge in [0.15, 0.2) is 11.6 Å².